The van der Waals surface area contributed by atoms with Gasteiger partial charge >= 0.3 is 0 Å². The molecule has 7 nitrogen and oxygen atoms in total. The number of carbonyl (C=O) groups is 2. The molecule has 5 rings (SSSR count). The van der Waals surface area contributed by atoms with Crippen molar-refractivity contribution in [1.82, 2.24) is 0 Å². The van der Waals surface area contributed by atoms with Crippen LogP contribution in [0.2, 0.25) is 5.02 Å². The molecule has 0 aromatic heterocycles. The van der Waals surface area contributed by atoms with Gasteiger partial charge in [-0.3, -0.25) is 14.5 Å². The Morgan fingerprint density at radius 1 is 1.05 bits per heavy atom. The smallest absolute Gasteiger partial charge is 0.300 e. The lowest BCUT2D eigenvalue weighted by Crippen LogP contribution is -2.29. The fourth-order valence-electron chi connectivity index (χ4n) is 4.80. The molecule has 0 radical (unpaired) electrons. The highest BCUT2D eigenvalue weighted by atomic mass is 35.5. The SMILES string of the molecule is COc1ccc(C2/C(=C(\O)c3ccc4c(c3)CC(C)O4)C(=O)C(=O)N2c2ccc(F)c(Cl)c2)cc1OC. The first-order valence-electron chi connectivity index (χ1n) is 11.5. The molecule has 0 spiro atoms. The van der Waals surface area contributed by atoms with E-state index in [1.165, 1.54) is 31.3 Å². The van der Waals surface area contributed by atoms with E-state index in [-0.39, 0.29) is 28.1 Å². The minimum Gasteiger partial charge on any atom is -0.507 e. The maximum Gasteiger partial charge on any atom is 0.300 e. The van der Waals surface area contributed by atoms with Crippen molar-refractivity contribution in [2.45, 2.75) is 25.5 Å². The highest BCUT2D eigenvalue weighted by Crippen LogP contribution is 2.45. The summed E-state index contributed by atoms with van der Waals surface area (Å²) >= 11 is 6.01. The molecule has 3 aromatic rings. The molecule has 0 aliphatic carbocycles. The van der Waals surface area contributed by atoms with Crippen LogP contribution in [0, 0.1) is 5.82 Å². The summed E-state index contributed by atoms with van der Waals surface area (Å²) < 4.78 is 30.4. The highest BCUT2D eigenvalue weighted by molar-refractivity contribution is 6.51. The largest absolute Gasteiger partial charge is 0.507 e. The summed E-state index contributed by atoms with van der Waals surface area (Å²) in [4.78, 5) is 28.0. The van der Waals surface area contributed by atoms with Gasteiger partial charge in [-0.1, -0.05) is 17.7 Å². The predicted molar refractivity (Wildman–Crippen MR) is 136 cm³/mol. The molecule has 2 heterocycles. The molecular formula is C28H23ClFNO6. The standard InChI is InChI=1S/C28H23ClFNO6/c1-14-10-17-11-16(5-8-21(17)37-14)26(32)24-25(15-4-9-22(35-2)23(12-15)36-3)31(28(34)27(24)33)18-6-7-20(30)19(29)13-18/h4-9,11-14,25,32H,10H2,1-3H3/b26-24+. The zero-order valence-electron chi connectivity index (χ0n) is 20.2. The van der Waals surface area contributed by atoms with Gasteiger partial charge in [0.1, 0.15) is 23.4 Å². The van der Waals surface area contributed by atoms with Crippen LogP contribution in [0.5, 0.6) is 17.2 Å². The second-order valence-corrected chi connectivity index (χ2v) is 9.24. The summed E-state index contributed by atoms with van der Waals surface area (Å²) in [6, 6.07) is 12.7. The average Bonchev–Trinajstić information content (AvgIpc) is 3.40. The van der Waals surface area contributed by atoms with Crippen molar-refractivity contribution in [1.29, 1.82) is 0 Å². The van der Waals surface area contributed by atoms with Crippen molar-refractivity contribution >= 4 is 34.7 Å². The first-order valence-corrected chi connectivity index (χ1v) is 11.9. The number of methoxy groups -OCH3 is 2. The van der Waals surface area contributed by atoms with Gasteiger partial charge in [-0.2, -0.15) is 0 Å². The number of amides is 1. The third-order valence-electron chi connectivity index (χ3n) is 6.52. The Kier molecular flexibility index (Phi) is 6.29. The van der Waals surface area contributed by atoms with Crippen molar-refractivity contribution < 1.29 is 33.3 Å². The van der Waals surface area contributed by atoms with Crippen molar-refractivity contribution in [3.8, 4) is 17.2 Å². The van der Waals surface area contributed by atoms with Gasteiger partial charge in [0.05, 0.1) is 30.9 Å². The number of aliphatic hydroxyl groups excluding tert-OH is 1. The number of halogens is 2. The Bertz CT molecular complexity index is 1470. The molecule has 9 heteroatoms. The maximum absolute atomic E-state index is 13.9. The molecule has 1 fully saturated rings. The third-order valence-corrected chi connectivity index (χ3v) is 6.81. The van der Waals surface area contributed by atoms with Crippen LogP contribution in [0.4, 0.5) is 10.1 Å². The fraction of sp³-hybridized carbons (Fsp3) is 0.214. The number of nitrogens with zero attached hydrogens (tertiary/aromatic N) is 1. The van der Waals surface area contributed by atoms with Gasteiger partial charge in [-0.25, -0.2) is 4.39 Å². The van der Waals surface area contributed by atoms with Crippen LogP contribution in [0.15, 0.2) is 60.2 Å². The van der Waals surface area contributed by atoms with Gasteiger partial charge in [0.15, 0.2) is 11.5 Å². The van der Waals surface area contributed by atoms with E-state index in [0.29, 0.717) is 34.8 Å². The number of benzene rings is 3. The first-order chi connectivity index (χ1) is 17.7. The van der Waals surface area contributed by atoms with Crippen molar-refractivity contribution in [2.24, 2.45) is 0 Å². The lowest BCUT2D eigenvalue weighted by Gasteiger charge is -2.26. The predicted octanol–water partition coefficient (Wildman–Crippen LogP) is 5.45. The van der Waals surface area contributed by atoms with Gasteiger partial charge in [0.25, 0.3) is 11.7 Å². The van der Waals surface area contributed by atoms with Gasteiger partial charge < -0.3 is 19.3 Å². The Balaban J connectivity index is 1.72. The van der Waals surface area contributed by atoms with Gasteiger partial charge in [-0.15, -0.1) is 0 Å². The quantitative estimate of drug-likeness (QED) is 0.272. The van der Waals surface area contributed by atoms with Crippen LogP contribution in [-0.2, 0) is 16.0 Å². The van der Waals surface area contributed by atoms with Crippen LogP contribution in [0.3, 0.4) is 0 Å². The molecule has 190 valence electrons. The zero-order chi connectivity index (χ0) is 26.4. The number of rotatable bonds is 5. The van der Waals surface area contributed by atoms with Crippen LogP contribution >= 0.6 is 11.6 Å². The lowest BCUT2D eigenvalue weighted by molar-refractivity contribution is -0.132. The Labute approximate surface area is 217 Å². The second-order valence-electron chi connectivity index (χ2n) is 8.84. The number of hydrogen-bond acceptors (Lipinski definition) is 6. The summed E-state index contributed by atoms with van der Waals surface area (Å²) in [5.74, 6) is -1.26. The first kappa shape index (κ1) is 24.6. The summed E-state index contributed by atoms with van der Waals surface area (Å²) in [6.45, 7) is 1.94. The summed E-state index contributed by atoms with van der Waals surface area (Å²) in [5, 5.41) is 11.2. The van der Waals surface area contributed by atoms with Crippen LogP contribution < -0.4 is 19.1 Å². The summed E-state index contributed by atoms with van der Waals surface area (Å²) in [6.07, 6.45) is 0.644. The lowest BCUT2D eigenvalue weighted by atomic mass is 9.94. The minimum atomic E-state index is -1.05. The molecule has 3 aromatic carbocycles. The van der Waals surface area contributed by atoms with E-state index in [1.54, 1.807) is 36.4 Å². The number of ether oxygens (including phenoxy) is 3. The normalized spacial score (nSPS) is 20.1. The van der Waals surface area contributed by atoms with E-state index in [1.807, 2.05) is 6.92 Å². The Morgan fingerprint density at radius 2 is 1.81 bits per heavy atom. The molecular weight excluding hydrogens is 501 g/mol. The van der Waals surface area contributed by atoms with E-state index in [4.69, 9.17) is 25.8 Å². The number of fused-ring (bicyclic) bond motifs is 1. The van der Waals surface area contributed by atoms with E-state index in [9.17, 15) is 19.1 Å². The average molecular weight is 524 g/mol. The number of Topliss-reactive ketones (excluding diaryl/α,β-unsaturated/α-hetero) is 1. The molecule has 2 aliphatic rings. The van der Waals surface area contributed by atoms with Gasteiger partial charge in [0, 0.05) is 17.7 Å². The molecule has 0 bridgehead atoms. The second kappa shape index (κ2) is 9.44. The number of hydrogen-bond donors (Lipinski definition) is 1. The highest BCUT2D eigenvalue weighted by Gasteiger charge is 2.47. The summed E-state index contributed by atoms with van der Waals surface area (Å²) in [5.41, 5.74) is 1.81. The molecule has 1 amide bonds. The monoisotopic (exact) mass is 523 g/mol. The molecule has 1 saturated heterocycles. The number of ketones is 1. The van der Waals surface area contributed by atoms with E-state index >= 15 is 0 Å². The molecule has 2 aliphatic heterocycles. The molecule has 2 unspecified atom stereocenters. The van der Waals surface area contributed by atoms with Crippen molar-refractivity contribution in [3.05, 3.63) is 87.7 Å². The van der Waals surface area contributed by atoms with Crippen LogP contribution in [0.25, 0.3) is 5.76 Å². The van der Waals surface area contributed by atoms with Crippen LogP contribution in [0.1, 0.15) is 29.7 Å². The number of aliphatic hydroxyl groups is 1. The molecule has 0 saturated carbocycles. The fourth-order valence-corrected chi connectivity index (χ4v) is 4.97. The minimum absolute atomic E-state index is 0.00651. The Morgan fingerprint density at radius 3 is 2.51 bits per heavy atom. The molecule has 37 heavy (non-hydrogen) atoms. The van der Waals surface area contributed by atoms with E-state index < -0.39 is 23.5 Å². The number of anilines is 1. The van der Waals surface area contributed by atoms with Crippen LogP contribution in [-0.4, -0.2) is 37.1 Å². The summed E-state index contributed by atoms with van der Waals surface area (Å²) in [7, 11) is 2.95. The molecule has 1 N–H and O–H groups in total. The van der Waals surface area contributed by atoms with Crippen molar-refractivity contribution in [3.63, 3.8) is 0 Å². The molecule has 2 atom stereocenters. The zero-order valence-corrected chi connectivity index (χ0v) is 21.0. The van der Waals surface area contributed by atoms with Gasteiger partial charge in [-0.05, 0) is 66.6 Å². The van der Waals surface area contributed by atoms with Crippen molar-refractivity contribution in [2.75, 3.05) is 19.1 Å². The van der Waals surface area contributed by atoms with E-state index in [0.717, 1.165) is 11.6 Å². The Hall–Kier alpha value is -4.04. The number of carbonyl (C=O) groups excluding carboxylic acids is 2. The van der Waals surface area contributed by atoms with Gasteiger partial charge in [0.2, 0.25) is 0 Å². The topological polar surface area (TPSA) is 85.3 Å². The third kappa shape index (κ3) is 4.17. The van der Waals surface area contributed by atoms with E-state index in [2.05, 4.69) is 0 Å². The maximum atomic E-state index is 13.9.